The van der Waals surface area contributed by atoms with Crippen molar-refractivity contribution in [3.05, 3.63) is 0 Å². The fourth-order valence-corrected chi connectivity index (χ4v) is 1.16. The van der Waals surface area contributed by atoms with E-state index in [0.717, 1.165) is 0 Å². The van der Waals surface area contributed by atoms with Crippen LogP contribution in [0.1, 0.15) is 13.3 Å². The van der Waals surface area contributed by atoms with E-state index in [1.54, 1.807) is 6.92 Å². The average Bonchev–Trinajstić information content (AvgIpc) is 2.26. The first-order chi connectivity index (χ1) is 5.57. The second-order valence-corrected chi connectivity index (χ2v) is 2.68. The van der Waals surface area contributed by atoms with Crippen molar-refractivity contribution in [2.45, 2.75) is 19.4 Å². The van der Waals surface area contributed by atoms with Crippen LogP contribution in [0.2, 0.25) is 0 Å². The lowest BCUT2D eigenvalue weighted by atomic mass is 9.97. The Balaban J connectivity index is 2.83. The summed E-state index contributed by atoms with van der Waals surface area (Å²) in [6.07, 6.45) is 0.221. The number of imide groups is 1. The Labute approximate surface area is 69.3 Å². The van der Waals surface area contributed by atoms with Crippen molar-refractivity contribution in [2.24, 2.45) is 11.7 Å². The van der Waals surface area contributed by atoms with Gasteiger partial charge in [-0.1, -0.05) is 6.92 Å². The minimum atomic E-state index is -0.995. The molecule has 0 radical (unpaired) electrons. The van der Waals surface area contributed by atoms with E-state index in [-0.39, 0.29) is 12.2 Å². The van der Waals surface area contributed by atoms with E-state index in [0.29, 0.717) is 0 Å². The lowest BCUT2D eigenvalue weighted by Gasteiger charge is -2.06. The number of hydrogen-bond donors (Lipinski definition) is 2. The van der Waals surface area contributed by atoms with Gasteiger partial charge in [-0.05, 0) is 0 Å². The standard InChI is InChI=1S/C7H10N2O3/c1-2-3(10)4-5(8)7(12)9-6(4)11/h4-5H,2,8H2,1H3,(H,9,11,12). The molecule has 0 aromatic heterocycles. The van der Waals surface area contributed by atoms with E-state index in [4.69, 9.17) is 5.73 Å². The van der Waals surface area contributed by atoms with Gasteiger partial charge in [0.15, 0.2) is 0 Å². The van der Waals surface area contributed by atoms with E-state index < -0.39 is 23.8 Å². The molecular weight excluding hydrogens is 160 g/mol. The van der Waals surface area contributed by atoms with E-state index in [9.17, 15) is 14.4 Å². The van der Waals surface area contributed by atoms with Crippen LogP contribution in [0.15, 0.2) is 0 Å². The molecule has 3 N–H and O–H groups in total. The zero-order valence-electron chi connectivity index (χ0n) is 6.66. The van der Waals surface area contributed by atoms with Crippen molar-refractivity contribution in [1.82, 2.24) is 5.32 Å². The maximum atomic E-state index is 11.1. The van der Waals surface area contributed by atoms with E-state index in [1.165, 1.54) is 0 Å². The number of nitrogens with one attached hydrogen (secondary N) is 1. The minimum Gasteiger partial charge on any atom is -0.319 e. The van der Waals surface area contributed by atoms with Gasteiger partial charge < -0.3 is 5.73 Å². The third-order valence-corrected chi connectivity index (χ3v) is 1.89. The van der Waals surface area contributed by atoms with Crippen molar-refractivity contribution in [2.75, 3.05) is 0 Å². The quantitative estimate of drug-likeness (QED) is 0.392. The first kappa shape index (κ1) is 8.86. The van der Waals surface area contributed by atoms with Gasteiger partial charge in [-0.15, -0.1) is 0 Å². The molecule has 12 heavy (non-hydrogen) atoms. The molecule has 0 aliphatic carbocycles. The summed E-state index contributed by atoms with van der Waals surface area (Å²) in [5.74, 6) is -2.39. The molecule has 66 valence electrons. The fourth-order valence-electron chi connectivity index (χ4n) is 1.16. The molecule has 1 fully saturated rings. The van der Waals surface area contributed by atoms with E-state index >= 15 is 0 Å². The summed E-state index contributed by atoms with van der Waals surface area (Å²) in [6, 6.07) is -0.995. The Hall–Kier alpha value is -1.23. The third kappa shape index (κ3) is 1.23. The number of nitrogens with two attached hydrogens (primary N) is 1. The molecule has 5 nitrogen and oxygen atoms in total. The average molecular weight is 170 g/mol. The number of rotatable bonds is 2. The second kappa shape index (κ2) is 3.02. The molecule has 5 heteroatoms. The van der Waals surface area contributed by atoms with Gasteiger partial charge in [-0.2, -0.15) is 0 Å². The van der Waals surface area contributed by atoms with Crippen molar-refractivity contribution in [3.8, 4) is 0 Å². The number of hydrogen-bond acceptors (Lipinski definition) is 4. The molecule has 2 amide bonds. The molecule has 1 aliphatic rings. The minimum absolute atomic E-state index is 0.221. The van der Waals surface area contributed by atoms with Crippen molar-refractivity contribution < 1.29 is 14.4 Å². The number of ketones is 1. The highest BCUT2D eigenvalue weighted by Crippen LogP contribution is 2.12. The van der Waals surface area contributed by atoms with Crippen LogP contribution in [0, 0.1) is 5.92 Å². The van der Waals surface area contributed by atoms with Gasteiger partial charge >= 0.3 is 0 Å². The Morgan fingerprint density at radius 2 is 2.08 bits per heavy atom. The number of carbonyl (C=O) groups excluding carboxylic acids is 3. The van der Waals surface area contributed by atoms with Crippen molar-refractivity contribution in [3.63, 3.8) is 0 Å². The molecule has 0 saturated carbocycles. The lowest BCUT2D eigenvalue weighted by molar-refractivity contribution is -0.131. The SMILES string of the molecule is CCC(=O)C1C(=O)NC(=O)C1N. The van der Waals surface area contributed by atoms with Crippen molar-refractivity contribution in [1.29, 1.82) is 0 Å². The smallest absolute Gasteiger partial charge is 0.244 e. The molecule has 0 aromatic carbocycles. The van der Waals surface area contributed by atoms with E-state index in [2.05, 4.69) is 0 Å². The van der Waals surface area contributed by atoms with Crippen LogP contribution in [0.25, 0.3) is 0 Å². The lowest BCUT2D eigenvalue weighted by Crippen LogP contribution is -2.37. The monoisotopic (exact) mass is 170 g/mol. The molecule has 1 saturated heterocycles. The second-order valence-electron chi connectivity index (χ2n) is 2.68. The molecule has 2 atom stereocenters. The van der Waals surface area contributed by atoms with Gasteiger partial charge in [0.2, 0.25) is 11.8 Å². The predicted octanol–water partition coefficient (Wildman–Crippen LogP) is -1.43. The summed E-state index contributed by atoms with van der Waals surface area (Å²) in [5.41, 5.74) is 5.34. The van der Waals surface area contributed by atoms with Gasteiger partial charge in [0.25, 0.3) is 0 Å². The zero-order valence-corrected chi connectivity index (χ0v) is 6.66. The first-order valence-electron chi connectivity index (χ1n) is 3.71. The Kier molecular flexibility index (Phi) is 2.23. The Bertz CT molecular complexity index is 249. The number of amides is 2. The largest absolute Gasteiger partial charge is 0.319 e. The molecular formula is C7H10N2O3. The van der Waals surface area contributed by atoms with Crippen LogP contribution in [-0.4, -0.2) is 23.6 Å². The maximum Gasteiger partial charge on any atom is 0.244 e. The summed E-state index contributed by atoms with van der Waals surface area (Å²) in [4.78, 5) is 32.9. The van der Waals surface area contributed by atoms with Crippen LogP contribution in [0.4, 0.5) is 0 Å². The Morgan fingerprint density at radius 3 is 2.42 bits per heavy atom. The fraction of sp³-hybridized carbons (Fsp3) is 0.571. The molecule has 2 unspecified atom stereocenters. The number of Topliss-reactive ketones (excluding diaryl/α,β-unsaturated/α-hetero) is 1. The highest BCUT2D eigenvalue weighted by Gasteiger charge is 2.42. The molecule has 0 spiro atoms. The molecule has 1 rings (SSSR count). The normalized spacial score (nSPS) is 28.8. The highest BCUT2D eigenvalue weighted by molar-refractivity contribution is 6.16. The predicted molar refractivity (Wildman–Crippen MR) is 39.9 cm³/mol. The summed E-state index contributed by atoms with van der Waals surface area (Å²) in [5, 5.41) is 2.01. The summed E-state index contributed by atoms with van der Waals surface area (Å²) < 4.78 is 0. The van der Waals surface area contributed by atoms with Crippen LogP contribution < -0.4 is 11.1 Å². The molecule has 0 aromatic rings. The van der Waals surface area contributed by atoms with Crippen molar-refractivity contribution >= 4 is 17.6 Å². The summed E-state index contributed by atoms with van der Waals surface area (Å²) >= 11 is 0. The van der Waals surface area contributed by atoms with Crippen LogP contribution in [-0.2, 0) is 14.4 Å². The topological polar surface area (TPSA) is 89.3 Å². The van der Waals surface area contributed by atoms with Gasteiger partial charge in [0, 0.05) is 6.42 Å². The highest BCUT2D eigenvalue weighted by atomic mass is 16.2. The van der Waals surface area contributed by atoms with Gasteiger partial charge in [0.1, 0.15) is 17.7 Å². The molecule has 1 aliphatic heterocycles. The van der Waals surface area contributed by atoms with Gasteiger partial charge in [-0.25, -0.2) is 0 Å². The Morgan fingerprint density at radius 1 is 1.50 bits per heavy atom. The van der Waals surface area contributed by atoms with Crippen LogP contribution >= 0.6 is 0 Å². The first-order valence-corrected chi connectivity index (χ1v) is 3.71. The van der Waals surface area contributed by atoms with Crippen LogP contribution in [0.3, 0.4) is 0 Å². The molecule has 1 heterocycles. The van der Waals surface area contributed by atoms with Gasteiger partial charge in [-0.3, -0.25) is 19.7 Å². The number of carbonyl (C=O) groups is 3. The molecule has 0 bridgehead atoms. The van der Waals surface area contributed by atoms with E-state index in [1.807, 2.05) is 5.32 Å². The summed E-state index contributed by atoms with van der Waals surface area (Å²) in [6.45, 7) is 1.63. The van der Waals surface area contributed by atoms with Crippen LogP contribution in [0.5, 0.6) is 0 Å². The zero-order chi connectivity index (χ0) is 9.30. The summed E-state index contributed by atoms with van der Waals surface area (Å²) in [7, 11) is 0. The maximum absolute atomic E-state index is 11.1. The third-order valence-electron chi connectivity index (χ3n) is 1.89. The van der Waals surface area contributed by atoms with Gasteiger partial charge in [0.05, 0.1) is 0 Å².